The molecule has 0 fully saturated rings. The summed E-state index contributed by atoms with van der Waals surface area (Å²) in [5.74, 6) is 5.33. The summed E-state index contributed by atoms with van der Waals surface area (Å²) in [7, 11) is 0. The van der Waals surface area contributed by atoms with Crippen LogP contribution in [0.5, 0.6) is 0 Å². The van der Waals surface area contributed by atoms with Crippen molar-refractivity contribution in [3.8, 4) is 0 Å². The molecular weight excluding hydrogens is 276 g/mol. The van der Waals surface area contributed by atoms with Gasteiger partial charge >= 0.3 is 0 Å². The summed E-state index contributed by atoms with van der Waals surface area (Å²) < 4.78 is 0. The number of hydrogen-bond acceptors (Lipinski definition) is 6. The highest BCUT2D eigenvalue weighted by atomic mass is 32.2. The fraction of sp³-hybridized carbons (Fsp3) is 0.0769. The Bertz CT molecular complexity index is 634. The van der Waals surface area contributed by atoms with Crippen LogP contribution in [0, 0.1) is 10.1 Å². The number of hydrazine groups is 1. The Morgan fingerprint density at radius 3 is 2.55 bits per heavy atom. The van der Waals surface area contributed by atoms with Crippen LogP contribution in [-0.2, 0) is 0 Å². The van der Waals surface area contributed by atoms with Crippen molar-refractivity contribution >= 4 is 34.5 Å². The van der Waals surface area contributed by atoms with Gasteiger partial charge in [0.05, 0.1) is 16.3 Å². The van der Waals surface area contributed by atoms with E-state index < -0.39 is 4.92 Å². The van der Waals surface area contributed by atoms with Crippen LogP contribution < -0.4 is 16.6 Å². The first-order valence-corrected chi connectivity index (χ1v) is 7.02. The van der Waals surface area contributed by atoms with Crippen molar-refractivity contribution in [2.45, 2.75) is 4.90 Å². The number of nitrogens with zero attached hydrogens (tertiary/aromatic N) is 1. The zero-order valence-corrected chi connectivity index (χ0v) is 11.6. The number of nitrogens with one attached hydrogen (secondary N) is 2. The summed E-state index contributed by atoms with van der Waals surface area (Å²) in [5.41, 5.74) is 4.38. The van der Waals surface area contributed by atoms with Gasteiger partial charge in [0, 0.05) is 22.7 Å². The summed E-state index contributed by atoms with van der Waals surface area (Å²) in [6, 6.07) is 12.3. The molecule has 104 valence electrons. The molecule has 0 radical (unpaired) electrons. The van der Waals surface area contributed by atoms with Crippen molar-refractivity contribution in [3.05, 3.63) is 52.6 Å². The number of hydrogen-bond donors (Lipinski definition) is 3. The van der Waals surface area contributed by atoms with Crippen LogP contribution >= 0.6 is 11.8 Å². The van der Waals surface area contributed by atoms with Crippen LogP contribution in [0.25, 0.3) is 0 Å². The lowest BCUT2D eigenvalue weighted by Crippen LogP contribution is -2.07. The first-order chi connectivity index (χ1) is 9.63. The van der Waals surface area contributed by atoms with Gasteiger partial charge in [-0.15, -0.1) is 11.8 Å². The first-order valence-electron chi connectivity index (χ1n) is 5.80. The van der Waals surface area contributed by atoms with E-state index in [1.165, 1.54) is 12.1 Å². The Morgan fingerprint density at radius 1 is 1.20 bits per heavy atom. The van der Waals surface area contributed by atoms with Gasteiger partial charge in [-0.3, -0.25) is 16.0 Å². The third-order valence-electron chi connectivity index (χ3n) is 2.68. The number of nitrogens with two attached hydrogens (primary N) is 1. The fourth-order valence-corrected chi connectivity index (χ4v) is 2.33. The summed E-state index contributed by atoms with van der Waals surface area (Å²) in [6.07, 6.45) is 1.97. The van der Waals surface area contributed by atoms with Gasteiger partial charge in [-0.2, -0.15) is 0 Å². The lowest BCUT2D eigenvalue weighted by molar-refractivity contribution is -0.384. The average Bonchev–Trinajstić information content (AvgIpc) is 2.47. The molecule has 0 bridgehead atoms. The van der Waals surface area contributed by atoms with Gasteiger partial charge in [0.15, 0.2) is 0 Å². The van der Waals surface area contributed by atoms with Gasteiger partial charge in [-0.05, 0) is 24.5 Å². The number of para-hydroxylation sites is 1. The molecule has 0 aliphatic rings. The number of nitrogen functional groups attached to an aromatic ring is 1. The Hall–Kier alpha value is -2.25. The van der Waals surface area contributed by atoms with E-state index in [2.05, 4.69) is 10.7 Å². The smallest absolute Gasteiger partial charge is 0.273 e. The number of benzene rings is 2. The second-order valence-corrected chi connectivity index (χ2v) is 4.84. The molecule has 2 aromatic carbocycles. The van der Waals surface area contributed by atoms with Gasteiger partial charge in [0.25, 0.3) is 5.69 Å². The van der Waals surface area contributed by atoms with Crippen LogP contribution in [0.1, 0.15) is 0 Å². The summed E-state index contributed by atoms with van der Waals surface area (Å²) in [4.78, 5) is 11.5. The molecule has 2 rings (SSSR count). The molecule has 2 aromatic rings. The van der Waals surface area contributed by atoms with E-state index in [4.69, 9.17) is 5.84 Å². The van der Waals surface area contributed by atoms with Crippen molar-refractivity contribution in [1.82, 2.24) is 0 Å². The molecule has 7 heteroatoms. The number of non-ortho nitro benzene ring substituents is 1. The van der Waals surface area contributed by atoms with Gasteiger partial charge in [0.2, 0.25) is 0 Å². The highest BCUT2D eigenvalue weighted by Gasteiger charge is 2.10. The maximum atomic E-state index is 10.9. The summed E-state index contributed by atoms with van der Waals surface area (Å²) in [6.45, 7) is 0. The minimum Gasteiger partial charge on any atom is -0.354 e. The number of rotatable bonds is 5. The molecular formula is C13H14N4O2S. The maximum Gasteiger partial charge on any atom is 0.273 e. The quantitative estimate of drug-likeness (QED) is 0.338. The van der Waals surface area contributed by atoms with Gasteiger partial charge in [-0.1, -0.05) is 12.1 Å². The van der Waals surface area contributed by atoms with Crippen molar-refractivity contribution in [2.75, 3.05) is 17.0 Å². The Labute approximate surface area is 120 Å². The molecule has 0 unspecified atom stereocenters. The standard InChI is InChI=1S/C13H14N4O2S/c1-20-13-5-3-2-4-12(13)15-9-6-10(16-14)8-11(7-9)17(18)19/h2-8,15-16H,14H2,1H3. The van der Waals surface area contributed by atoms with E-state index >= 15 is 0 Å². The van der Waals surface area contributed by atoms with E-state index in [1.807, 2.05) is 30.5 Å². The molecule has 0 heterocycles. The third kappa shape index (κ3) is 3.19. The largest absolute Gasteiger partial charge is 0.354 e. The predicted molar refractivity (Wildman–Crippen MR) is 82.4 cm³/mol. The topological polar surface area (TPSA) is 93.2 Å². The highest BCUT2D eigenvalue weighted by Crippen LogP contribution is 2.30. The maximum absolute atomic E-state index is 10.9. The average molecular weight is 290 g/mol. The zero-order valence-electron chi connectivity index (χ0n) is 10.8. The molecule has 0 spiro atoms. The molecule has 0 atom stereocenters. The second kappa shape index (κ2) is 6.27. The Morgan fingerprint density at radius 2 is 1.90 bits per heavy atom. The number of anilines is 3. The number of nitro groups is 1. The highest BCUT2D eigenvalue weighted by molar-refractivity contribution is 7.98. The van der Waals surface area contributed by atoms with Crippen molar-refractivity contribution in [3.63, 3.8) is 0 Å². The first kappa shape index (κ1) is 14.2. The van der Waals surface area contributed by atoms with Gasteiger partial charge in [0.1, 0.15) is 0 Å². The van der Waals surface area contributed by atoms with Crippen molar-refractivity contribution in [2.24, 2.45) is 5.84 Å². The van der Waals surface area contributed by atoms with Crippen LogP contribution in [0.2, 0.25) is 0 Å². The Balaban J connectivity index is 2.37. The molecule has 0 aliphatic carbocycles. The molecule has 4 N–H and O–H groups in total. The minimum absolute atomic E-state index is 0.0235. The third-order valence-corrected chi connectivity index (χ3v) is 3.48. The molecule has 0 saturated carbocycles. The van der Waals surface area contributed by atoms with Crippen molar-refractivity contribution in [1.29, 1.82) is 0 Å². The predicted octanol–water partition coefficient (Wildman–Crippen LogP) is 3.35. The normalized spacial score (nSPS) is 10.1. The van der Waals surface area contributed by atoms with E-state index in [-0.39, 0.29) is 5.69 Å². The minimum atomic E-state index is -0.452. The van der Waals surface area contributed by atoms with E-state index in [0.29, 0.717) is 11.4 Å². The summed E-state index contributed by atoms with van der Waals surface area (Å²) >= 11 is 1.60. The van der Waals surface area contributed by atoms with Gasteiger partial charge in [-0.25, -0.2) is 0 Å². The number of thioether (sulfide) groups is 1. The van der Waals surface area contributed by atoms with Crippen LogP contribution in [-0.4, -0.2) is 11.2 Å². The van der Waals surface area contributed by atoms with E-state index in [9.17, 15) is 10.1 Å². The zero-order chi connectivity index (χ0) is 14.5. The van der Waals surface area contributed by atoms with E-state index in [0.717, 1.165) is 10.6 Å². The molecule has 0 saturated heterocycles. The lowest BCUT2D eigenvalue weighted by atomic mass is 10.2. The molecule has 0 aliphatic heterocycles. The monoisotopic (exact) mass is 290 g/mol. The van der Waals surface area contributed by atoms with Crippen molar-refractivity contribution < 1.29 is 4.92 Å². The van der Waals surface area contributed by atoms with Crippen LogP contribution in [0.4, 0.5) is 22.7 Å². The molecule has 20 heavy (non-hydrogen) atoms. The lowest BCUT2D eigenvalue weighted by Gasteiger charge is -2.11. The van der Waals surface area contributed by atoms with E-state index in [1.54, 1.807) is 17.8 Å². The second-order valence-electron chi connectivity index (χ2n) is 4.00. The Kier molecular flexibility index (Phi) is 4.44. The van der Waals surface area contributed by atoms with Crippen LogP contribution in [0.15, 0.2) is 47.4 Å². The van der Waals surface area contributed by atoms with Crippen LogP contribution in [0.3, 0.4) is 0 Å². The molecule has 6 nitrogen and oxygen atoms in total. The molecule has 0 amide bonds. The SMILES string of the molecule is CSc1ccccc1Nc1cc(NN)cc([N+](=O)[O-])c1. The fourth-order valence-electron chi connectivity index (χ4n) is 1.78. The summed E-state index contributed by atoms with van der Waals surface area (Å²) in [5, 5.41) is 14.1. The molecule has 0 aromatic heterocycles. The number of nitro benzene ring substituents is 1. The van der Waals surface area contributed by atoms with Gasteiger partial charge < -0.3 is 10.7 Å².